The maximum absolute atomic E-state index is 12.8. The highest BCUT2D eigenvalue weighted by molar-refractivity contribution is 6.30. The fourth-order valence-electron chi connectivity index (χ4n) is 3.82. The van der Waals surface area contributed by atoms with Gasteiger partial charge in [-0.3, -0.25) is 4.57 Å². The molecular formula is C20H26ClN5O3. The fourth-order valence-corrected chi connectivity index (χ4v) is 3.95. The molecule has 1 unspecified atom stereocenters. The van der Waals surface area contributed by atoms with Crippen LogP contribution in [0.25, 0.3) is 0 Å². The molecule has 4 rings (SSSR count). The van der Waals surface area contributed by atoms with Crippen LogP contribution in [0.3, 0.4) is 0 Å². The van der Waals surface area contributed by atoms with Crippen LogP contribution in [0.4, 0.5) is 10.5 Å². The first-order chi connectivity index (χ1) is 14.1. The Morgan fingerprint density at radius 2 is 2.03 bits per heavy atom. The van der Waals surface area contributed by atoms with Gasteiger partial charge in [-0.15, -0.1) is 0 Å². The third-order valence-electron chi connectivity index (χ3n) is 5.49. The zero-order valence-electron chi connectivity index (χ0n) is 16.5. The number of methoxy groups -OCH3 is 1. The van der Waals surface area contributed by atoms with Gasteiger partial charge in [-0.05, 0) is 49.9 Å². The van der Waals surface area contributed by atoms with E-state index in [0.717, 1.165) is 31.5 Å². The summed E-state index contributed by atoms with van der Waals surface area (Å²) in [5, 5.41) is 8.18. The van der Waals surface area contributed by atoms with Gasteiger partial charge in [0.15, 0.2) is 0 Å². The SMILES string of the molecule is COCCn1nc(C2CCCN(C(=O)Nc3ccc(Cl)cc3)C2)n(C2CC2)c1=O. The van der Waals surface area contributed by atoms with E-state index in [1.165, 1.54) is 4.68 Å². The van der Waals surface area contributed by atoms with Gasteiger partial charge in [0.05, 0.1) is 13.2 Å². The number of carbonyl (C=O) groups is 1. The summed E-state index contributed by atoms with van der Waals surface area (Å²) in [5.74, 6) is 0.856. The molecule has 0 bridgehead atoms. The standard InChI is InChI=1S/C20H26ClN5O3/c1-29-12-11-25-20(28)26(17-8-9-17)18(23-25)14-3-2-10-24(13-14)19(27)22-16-6-4-15(21)5-7-16/h4-7,14,17H,2-3,8-13H2,1H3,(H,22,27). The van der Waals surface area contributed by atoms with Crippen LogP contribution in [-0.2, 0) is 11.3 Å². The van der Waals surface area contributed by atoms with Crippen molar-refractivity contribution in [1.29, 1.82) is 0 Å². The van der Waals surface area contributed by atoms with Gasteiger partial charge in [-0.25, -0.2) is 14.3 Å². The molecule has 1 saturated heterocycles. The van der Waals surface area contributed by atoms with Crippen LogP contribution >= 0.6 is 11.6 Å². The molecule has 2 aromatic rings. The van der Waals surface area contributed by atoms with Gasteiger partial charge >= 0.3 is 11.7 Å². The van der Waals surface area contributed by atoms with Crippen molar-refractivity contribution in [2.24, 2.45) is 0 Å². The predicted molar refractivity (Wildman–Crippen MR) is 111 cm³/mol. The molecule has 8 nitrogen and oxygen atoms in total. The second-order valence-corrected chi connectivity index (χ2v) is 8.12. The van der Waals surface area contributed by atoms with Gasteiger partial charge in [-0.2, -0.15) is 5.10 Å². The van der Waals surface area contributed by atoms with Crippen molar-refractivity contribution in [3.05, 3.63) is 45.6 Å². The highest BCUT2D eigenvalue weighted by Gasteiger charge is 2.35. The highest BCUT2D eigenvalue weighted by atomic mass is 35.5. The minimum absolute atomic E-state index is 0.0526. The van der Waals surface area contributed by atoms with Crippen molar-refractivity contribution in [2.45, 2.75) is 44.2 Å². The first-order valence-electron chi connectivity index (χ1n) is 10.1. The van der Waals surface area contributed by atoms with Crippen LogP contribution in [-0.4, -0.2) is 52.1 Å². The minimum atomic E-state index is -0.142. The van der Waals surface area contributed by atoms with E-state index >= 15 is 0 Å². The number of anilines is 1. The fraction of sp³-hybridized carbons (Fsp3) is 0.550. The van der Waals surface area contributed by atoms with E-state index in [1.807, 2.05) is 4.57 Å². The van der Waals surface area contributed by atoms with Gasteiger partial charge in [0.2, 0.25) is 0 Å². The van der Waals surface area contributed by atoms with Crippen LogP contribution in [0.15, 0.2) is 29.1 Å². The quantitative estimate of drug-likeness (QED) is 0.780. The first-order valence-corrected chi connectivity index (χ1v) is 10.4. The molecule has 2 fully saturated rings. The van der Waals surface area contributed by atoms with Gasteiger partial charge in [0.1, 0.15) is 5.82 Å². The van der Waals surface area contributed by atoms with Crippen LogP contribution in [0.5, 0.6) is 0 Å². The third kappa shape index (κ3) is 4.48. The summed E-state index contributed by atoms with van der Waals surface area (Å²) in [7, 11) is 1.61. The average molecular weight is 420 g/mol. The number of piperidine rings is 1. The summed E-state index contributed by atoms with van der Waals surface area (Å²) in [6, 6.07) is 7.16. The Balaban J connectivity index is 1.50. The number of nitrogens with zero attached hydrogens (tertiary/aromatic N) is 4. The number of carbonyl (C=O) groups excluding carboxylic acids is 1. The molecule has 2 heterocycles. The number of amides is 2. The number of hydrogen-bond donors (Lipinski definition) is 1. The second kappa shape index (κ2) is 8.59. The van der Waals surface area contributed by atoms with Gasteiger partial charge in [0.25, 0.3) is 0 Å². The molecule has 1 atom stereocenters. The predicted octanol–water partition coefficient (Wildman–Crippen LogP) is 3.09. The molecule has 1 aliphatic carbocycles. The summed E-state index contributed by atoms with van der Waals surface area (Å²) in [5.41, 5.74) is 0.641. The Bertz CT molecular complexity index is 919. The van der Waals surface area contributed by atoms with E-state index in [1.54, 1.807) is 36.3 Å². The molecular weight excluding hydrogens is 394 g/mol. The Morgan fingerprint density at radius 1 is 1.28 bits per heavy atom. The summed E-state index contributed by atoms with van der Waals surface area (Å²) in [6.45, 7) is 2.12. The van der Waals surface area contributed by atoms with E-state index in [2.05, 4.69) is 10.4 Å². The van der Waals surface area contributed by atoms with Crippen molar-refractivity contribution < 1.29 is 9.53 Å². The lowest BCUT2D eigenvalue weighted by Gasteiger charge is -2.32. The van der Waals surface area contributed by atoms with Crippen molar-refractivity contribution >= 4 is 23.3 Å². The summed E-state index contributed by atoms with van der Waals surface area (Å²) in [6.07, 6.45) is 3.81. The molecule has 0 spiro atoms. The van der Waals surface area contributed by atoms with Crippen LogP contribution in [0, 0.1) is 0 Å². The monoisotopic (exact) mass is 419 g/mol. The molecule has 1 aromatic heterocycles. The van der Waals surface area contributed by atoms with E-state index in [4.69, 9.17) is 16.3 Å². The van der Waals surface area contributed by atoms with Gasteiger partial charge in [0, 0.05) is 42.9 Å². The Labute approximate surface area is 174 Å². The number of aromatic nitrogens is 3. The summed E-state index contributed by atoms with van der Waals surface area (Å²) < 4.78 is 8.46. The normalized spacial score (nSPS) is 19.4. The number of urea groups is 1. The molecule has 29 heavy (non-hydrogen) atoms. The maximum atomic E-state index is 12.8. The summed E-state index contributed by atoms with van der Waals surface area (Å²) in [4.78, 5) is 27.4. The van der Waals surface area contributed by atoms with E-state index < -0.39 is 0 Å². The Hall–Kier alpha value is -2.32. The molecule has 1 saturated carbocycles. The number of hydrogen-bond acceptors (Lipinski definition) is 4. The van der Waals surface area contributed by atoms with Crippen molar-refractivity contribution in [3.8, 4) is 0 Å². The lowest BCUT2D eigenvalue weighted by molar-refractivity contribution is 0.181. The maximum Gasteiger partial charge on any atom is 0.346 e. The number of rotatable bonds is 6. The summed E-state index contributed by atoms with van der Waals surface area (Å²) >= 11 is 5.91. The topological polar surface area (TPSA) is 81.4 Å². The van der Waals surface area contributed by atoms with Gasteiger partial charge < -0.3 is 15.0 Å². The van der Waals surface area contributed by atoms with Crippen molar-refractivity contribution in [3.63, 3.8) is 0 Å². The molecule has 2 amide bonds. The van der Waals surface area contributed by atoms with Gasteiger partial charge in [-0.1, -0.05) is 11.6 Å². The van der Waals surface area contributed by atoms with Crippen molar-refractivity contribution in [2.75, 3.05) is 32.1 Å². The van der Waals surface area contributed by atoms with E-state index in [0.29, 0.717) is 37.0 Å². The molecule has 2 aliphatic rings. The molecule has 1 N–H and O–H groups in total. The molecule has 156 valence electrons. The molecule has 1 aromatic carbocycles. The Kier molecular flexibility index (Phi) is 5.91. The number of halogens is 1. The number of nitrogens with one attached hydrogen (secondary N) is 1. The third-order valence-corrected chi connectivity index (χ3v) is 5.74. The highest BCUT2D eigenvalue weighted by Crippen LogP contribution is 2.37. The number of ether oxygens (including phenoxy) is 1. The zero-order valence-corrected chi connectivity index (χ0v) is 17.3. The minimum Gasteiger partial charge on any atom is -0.383 e. The van der Waals surface area contributed by atoms with Crippen molar-refractivity contribution in [1.82, 2.24) is 19.2 Å². The van der Waals surface area contributed by atoms with Crippen LogP contribution in [0.1, 0.15) is 43.5 Å². The molecule has 0 radical (unpaired) electrons. The Morgan fingerprint density at radius 3 is 2.72 bits per heavy atom. The number of likely N-dealkylation sites (tertiary alicyclic amines) is 1. The average Bonchev–Trinajstić information content (AvgIpc) is 3.51. The second-order valence-electron chi connectivity index (χ2n) is 7.68. The first kappa shape index (κ1) is 20.0. The van der Waals surface area contributed by atoms with E-state index in [9.17, 15) is 9.59 Å². The lowest BCUT2D eigenvalue weighted by Crippen LogP contribution is -2.42. The molecule has 1 aliphatic heterocycles. The van der Waals surface area contributed by atoms with E-state index in [-0.39, 0.29) is 23.7 Å². The molecule has 9 heteroatoms. The van der Waals surface area contributed by atoms with Crippen LogP contribution < -0.4 is 11.0 Å². The zero-order chi connectivity index (χ0) is 20.4. The smallest absolute Gasteiger partial charge is 0.346 e. The largest absolute Gasteiger partial charge is 0.383 e. The lowest BCUT2D eigenvalue weighted by atomic mass is 9.97. The van der Waals surface area contributed by atoms with Crippen LogP contribution in [0.2, 0.25) is 5.02 Å². The number of benzene rings is 1.